The Kier molecular flexibility index (Phi) is 4.33. The van der Waals surface area contributed by atoms with Crippen LogP contribution in [0.25, 0.3) is 11.0 Å². The smallest absolute Gasteiger partial charge is 0.340 e. The lowest BCUT2D eigenvalue weighted by atomic mass is 9.92. The minimum atomic E-state index is -0.542. The van der Waals surface area contributed by atoms with E-state index in [1.165, 1.54) is 0 Å². The standard InChI is InChI=1S/C19H16O5/c1-3-18(20)23-15-8-9-17-13(10-15)11-16(19(21)24-17)12-4-6-14(22-2)7-5-12/h3-4,6-12H,1,5H2,2H3. The molecule has 1 aliphatic carbocycles. The highest BCUT2D eigenvalue weighted by Gasteiger charge is 2.17. The van der Waals surface area contributed by atoms with Crippen LogP contribution in [0.1, 0.15) is 17.9 Å². The van der Waals surface area contributed by atoms with Crippen molar-refractivity contribution in [1.82, 2.24) is 0 Å². The van der Waals surface area contributed by atoms with Gasteiger partial charge in [-0.2, -0.15) is 0 Å². The van der Waals surface area contributed by atoms with Gasteiger partial charge in [0.25, 0.3) is 0 Å². The summed E-state index contributed by atoms with van der Waals surface area (Å²) in [6, 6.07) is 6.60. The van der Waals surface area contributed by atoms with Gasteiger partial charge >= 0.3 is 11.6 Å². The highest BCUT2D eigenvalue weighted by atomic mass is 16.5. The van der Waals surface area contributed by atoms with E-state index >= 15 is 0 Å². The minimum absolute atomic E-state index is 0.0797. The third-order valence-electron chi connectivity index (χ3n) is 3.82. The highest BCUT2D eigenvalue weighted by molar-refractivity contribution is 5.85. The normalized spacial score (nSPS) is 16.5. The van der Waals surface area contributed by atoms with E-state index < -0.39 is 5.97 Å². The Bertz CT molecular complexity index is 917. The zero-order valence-electron chi connectivity index (χ0n) is 13.2. The Labute approximate surface area is 138 Å². The van der Waals surface area contributed by atoms with Crippen LogP contribution < -0.4 is 10.4 Å². The number of carbonyl (C=O) groups is 1. The molecular formula is C19H16O5. The molecule has 1 unspecified atom stereocenters. The third kappa shape index (κ3) is 3.15. The zero-order valence-corrected chi connectivity index (χ0v) is 13.2. The fourth-order valence-electron chi connectivity index (χ4n) is 2.58. The number of hydrogen-bond donors (Lipinski definition) is 0. The summed E-state index contributed by atoms with van der Waals surface area (Å²) in [6.07, 6.45) is 7.42. The predicted molar refractivity (Wildman–Crippen MR) is 89.9 cm³/mol. The number of esters is 1. The summed E-state index contributed by atoms with van der Waals surface area (Å²) < 4.78 is 15.6. The lowest BCUT2D eigenvalue weighted by molar-refractivity contribution is -0.128. The maximum Gasteiger partial charge on any atom is 0.340 e. The maximum absolute atomic E-state index is 12.2. The molecule has 1 aliphatic rings. The van der Waals surface area contributed by atoms with Crippen molar-refractivity contribution in [3.63, 3.8) is 0 Å². The molecule has 24 heavy (non-hydrogen) atoms. The lowest BCUT2D eigenvalue weighted by Crippen LogP contribution is -2.12. The van der Waals surface area contributed by atoms with E-state index in [1.807, 2.05) is 18.2 Å². The van der Waals surface area contributed by atoms with Crippen LogP contribution >= 0.6 is 0 Å². The van der Waals surface area contributed by atoms with Crippen molar-refractivity contribution in [2.75, 3.05) is 7.11 Å². The zero-order chi connectivity index (χ0) is 17.1. The van der Waals surface area contributed by atoms with Gasteiger partial charge in [-0.3, -0.25) is 0 Å². The van der Waals surface area contributed by atoms with Crippen LogP contribution in [0.5, 0.6) is 5.75 Å². The summed E-state index contributed by atoms with van der Waals surface area (Å²) >= 11 is 0. The summed E-state index contributed by atoms with van der Waals surface area (Å²) in [4.78, 5) is 23.5. The number of fused-ring (bicyclic) bond motifs is 1. The molecule has 0 aliphatic heterocycles. The van der Waals surface area contributed by atoms with Gasteiger partial charge in [-0.1, -0.05) is 12.7 Å². The van der Waals surface area contributed by atoms with Gasteiger partial charge in [0.05, 0.1) is 7.11 Å². The van der Waals surface area contributed by atoms with Gasteiger partial charge in [0.1, 0.15) is 17.1 Å². The third-order valence-corrected chi connectivity index (χ3v) is 3.82. The first kappa shape index (κ1) is 15.8. The second-order valence-electron chi connectivity index (χ2n) is 5.33. The molecule has 2 aromatic rings. The van der Waals surface area contributed by atoms with Crippen molar-refractivity contribution in [2.24, 2.45) is 0 Å². The Morgan fingerprint density at radius 1 is 1.38 bits per heavy atom. The summed E-state index contributed by atoms with van der Waals surface area (Å²) in [6.45, 7) is 3.36. The van der Waals surface area contributed by atoms with E-state index in [1.54, 1.807) is 31.4 Å². The Morgan fingerprint density at radius 3 is 2.88 bits per heavy atom. The Morgan fingerprint density at radius 2 is 2.21 bits per heavy atom. The van der Waals surface area contributed by atoms with Crippen molar-refractivity contribution in [1.29, 1.82) is 0 Å². The molecule has 1 atom stereocenters. The van der Waals surface area contributed by atoms with Crippen molar-refractivity contribution in [3.05, 3.63) is 76.9 Å². The van der Waals surface area contributed by atoms with Crippen molar-refractivity contribution >= 4 is 16.9 Å². The number of allylic oxidation sites excluding steroid dienone is 3. The molecule has 3 rings (SSSR count). The van der Waals surface area contributed by atoms with Gasteiger partial charge in [-0.05, 0) is 42.8 Å². The SMILES string of the molecule is C=CC(=O)Oc1ccc2oc(=O)c(C3C=CC(OC)=CC3)cc2c1. The minimum Gasteiger partial charge on any atom is -0.497 e. The molecule has 0 fully saturated rings. The Hall–Kier alpha value is -3.08. The van der Waals surface area contributed by atoms with Crippen LogP contribution in [-0.2, 0) is 9.53 Å². The van der Waals surface area contributed by atoms with Crippen LogP contribution in [0, 0.1) is 0 Å². The van der Waals surface area contributed by atoms with Crippen LogP contribution in [0.15, 0.2) is 70.1 Å². The molecule has 0 spiro atoms. The first-order chi connectivity index (χ1) is 11.6. The van der Waals surface area contributed by atoms with Crippen LogP contribution in [0.2, 0.25) is 0 Å². The quantitative estimate of drug-likeness (QED) is 0.373. The van der Waals surface area contributed by atoms with E-state index in [-0.39, 0.29) is 11.5 Å². The first-order valence-corrected chi connectivity index (χ1v) is 7.45. The second kappa shape index (κ2) is 6.58. The molecular weight excluding hydrogens is 308 g/mol. The summed E-state index contributed by atoms with van der Waals surface area (Å²) in [7, 11) is 1.60. The van der Waals surface area contributed by atoms with Gasteiger partial charge < -0.3 is 13.9 Å². The molecule has 1 aromatic carbocycles. The van der Waals surface area contributed by atoms with E-state index in [2.05, 4.69) is 6.58 Å². The summed E-state index contributed by atoms with van der Waals surface area (Å²) in [5.74, 6) is 0.520. The first-order valence-electron chi connectivity index (χ1n) is 7.45. The summed E-state index contributed by atoms with van der Waals surface area (Å²) in [5, 5.41) is 0.689. The van der Waals surface area contributed by atoms with Crippen molar-refractivity contribution in [2.45, 2.75) is 12.3 Å². The molecule has 5 heteroatoms. The predicted octanol–water partition coefficient (Wildman–Crippen LogP) is 3.46. The number of ether oxygens (including phenoxy) is 2. The topological polar surface area (TPSA) is 65.7 Å². The average Bonchev–Trinajstić information content (AvgIpc) is 2.61. The fourth-order valence-corrected chi connectivity index (χ4v) is 2.58. The van der Waals surface area contributed by atoms with Crippen LogP contribution in [0.4, 0.5) is 0 Å². The second-order valence-corrected chi connectivity index (χ2v) is 5.33. The molecule has 0 saturated heterocycles. The number of benzene rings is 1. The van der Waals surface area contributed by atoms with Gasteiger partial charge in [0, 0.05) is 22.9 Å². The van der Waals surface area contributed by atoms with Crippen molar-refractivity contribution < 1.29 is 18.7 Å². The number of methoxy groups -OCH3 is 1. The lowest BCUT2D eigenvalue weighted by Gasteiger charge is -2.15. The fraction of sp³-hybridized carbons (Fsp3) is 0.158. The molecule has 0 radical (unpaired) electrons. The number of carbonyl (C=O) groups excluding carboxylic acids is 1. The largest absolute Gasteiger partial charge is 0.497 e. The molecule has 122 valence electrons. The van der Waals surface area contributed by atoms with Crippen LogP contribution in [-0.4, -0.2) is 13.1 Å². The van der Waals surface area contributed by atoms with Gasteiger partial charge in [0.2, 0.25) is 0 Å². The average molecular weight is 324 g/mol. The molecule has 0 amide bonds. The van der Waals surface area contributed by atoms with E-state index in [4.69, 9.17) is 13.9 Å². The van der Waals surface area contributed by atoms with E-state index in [0.717, 1.165) is 11.8 Å². The molecule has 1 aromatic heterocycles. The summed E-state index contributed by atoms with van der Waals surface area (Å²) in [5.41, 5.74) is 0.620. The molecule has 0 saturated carbocycles. The number of rotatable bonds is 4. The van der Waals surface area contributed by atoms with Gasteiger partial charge in [-0.25, -0.2) is 9.59 Å². The molecule has 5 nitrogen and oxygen atoms in total. The highest BCUT2D eigenvalue weighted by Crippen LogP contribution is 2.28. The number of hydrogen-bond acceptors (Lipinski definition) is 5. The van der Waals surface area contributed by atoms with Gasteiger partial charge in [-0.15, -0.1) is 0 Å². The van der Waals surface area contributed by atoms with E-state index in [9.17, 15) is 9.59 Å². The van der Waals surface area contributed by atoms with E-state index in [0.29, 0.717) is 28.7 Å². The maximum atomic E-state index is 12.2. The Balaban J connectivity index is 1.97. The monoisotopic (exact) mass is 324 g/mol. The molecule has 1 heterocycles. The molecule has 0 bridgehead atoms. The van der Waals surface area contributed by atoms with Crippen molar-refractivity contribution in [3.8, 4) is 5.75 Å². The van der Waals surface area contributed by atoms with Crippen LogP contribution in [0.3, 0.4) is 0 Å². The van der Waals surface area contributed by atoms with Gasteiger partial charge in [0.15, 0.2) is 0 Å². The molecule has 0 N–H and O–H groups in total.